The second-order valence-corrected chi connectivity index (χ2v) is 4.13. The summed E-state index contributed by atoms with van der Waals surface area (Å²) in [6.45, 7) is 1.87. The van der Waals surface area contributed by atoms with Gasteiger partial charge in [-0.25, -0.2) is 4.39 Å². The normalized spacial score (nSPS) is 12.1. The lowest BCUT2D eigenvalue weighted by Crippen LogP contribution is -2.27. The average molecular weight is 247 g/mol. The molecule has 1 amide bonds. The van der Waals surface area contributed by atoms with Gasteiger partial charge in [-0.05, 0) is 24.6 Å². The summed E-state index contributed by atoms with van der Waals surface area (Å²) in [5.41, 5.74) is 1.56. The summed E-state index contributed by atoms with van der Waals surface area (Å²) in [6, 6.07) is 5.92. The minimum Gasteiger partial charge on any atom is -0.349 e. The van der Waals surface area contributed by atoms with E-state index in [1.165, 1.54) is 12.1 Å². The molecule has 5 heteroatoms. The van der Waals surface area contributed by atoms with Gasteiger partial charge in [0.25, 0.3) is 0 Å². The van der Waals surface area contributed by atoms with Crippen molar-refractivity contribution < 1.29 is 9.18 Å². The molecule has 0 aliphatic heterocycles. The van der Waals surface area contributed by atoms with E-state index in [0.29, 0.717) is 5.56 Å². The van der Waals surface area contributed by atoms with Crippen LogP contribution in [0.1, 0.15) is 24.1 Å². The van der Waals surface area contributed by atoms with Gasteiger partial charge in [0, 0.05) is 11.8 Å². The highest BCUT2D eigenvalue weighted by molar-refractivity contribution is 5.78. The van der Waals surface area contributed by atoms with Gasteiger partial charge < -0.3 is 5.32 Å². The minimum absolute atomic E-state index is 0.121. The van der Waals surface area contributed by atoms with Crippen LogP contribution in [0, 0.1) is 5.82 Å². The van der Waals surface area contributed by atoms with Crippen molar-refractivity contribution in [2.75, 3.05) is 0 Å². The molecule has 0 aliphatic rings. The van der Waals surface area contributed by atoms with Crippen molar-refractivity contribution in [2.45, 2.75) is 19.4 Å². The molecule has 1 aromatic heterocycles. The predicted octanol–water partition coefficient (Wildman–Crippen LogP) is 1.97. The zero-order valence-corrected chi connectivity index (χ0v) is 9.98. The summed E-state index contributed by atoms with van der Waals surface area (Å²) in [5, 5.41) is 9.34. The van der Waals surface area contributed by atoms with Gasteiger partial charge in [0.15, 0.2) is 0 Å². The van der Waals surface area contributed by atoms with Crippen LogP contribution in [0.2, 0.25) is 0 Å². The first kappa shape index (κ1) is 12.3. The van der Waals surface area contributed by atoms with Crippen molar-refractivity contribution in [1.82, 2.24) is 15.5 Å². The molecule has 1 aromatic carbocycles. The zero-order valence-electron chi connectivity index (χ0n) is 9.98. The maximum atomic E-state index is 13.0. The number of hydrogen-bond acceptors (Lipinski definition) is 2. The molecule has 1 atom stereocenters. The fourth-order valence-electron chi connectivity index (χ4n) is 1.71. The molecule has 0 saturated heterocycles. The van der Waals surface area contributed by atoms with Crippen molar-refractivity contribution >= 4 is 5.91 Å². The highest BCUT2D eigenvalue weighted by Crippen LogP contribution is 2.10. The number of carbonyl (C=O) groups excluding carboxylic acids is 1. The third kappa shape index (κ3) is 3.16. The van der Waals surface area contributed by atoms with Crippen molar-refractivity contribution in [1.29, 1.82) is 0 Å². The van der Waals surface area contributed by atoms with Gasteiger partial charge >= 0.3 is 0 Å². The van der Waals surface area contributed by atoms with Crippen molar-refractivity contribution in [3.05, 3.63) is 53.6 Å². The Bertz CT molecular complexity index is 525. The van der Waals surface area contributed by atoms with Crippen LogP contribution in [0.3, 0.4) is 0 Å². The number of aromatic amines is 1. The lowest BCUT2D eigenvalue weighted by atomic mass is 10.1. The molecule has 0 fully saturated rings. The molecule has 94 valence electrons. The number of hydrogen-bond donors (Lipinski definition) is 2. The number of nitrogens with zero attached hydrogens (tertiary/aromatic N) is 1. The monoisotopic (exact) mass is 247 g/mol. The maximum Gasteiger partial charge on any atom is 0.224 e. The van der Waals surface area contributed by atoms with Gasteiger partial charge in [-0.2, -0.15) is 5.10 Å². The van der Waals surface area contributed by atoms with Crippen LogP contribution in [-0.4, -0.2) is 16.1 Å². The van der Waals surface area contributed by atoms with Gasteiger partial charge in [0.05, 0.1) is 18.7 Å². The molecule has 2 aromatic rings. The number of nitrogens with one attached hydrogen (secondary N) is 2. The lowest BCUT2D eigenvalue weighted by Gasteiger charge is -2.11. The number of rotatable bonds is 4. The zero-order chi connectivity index (χ0) is 13.0. The Morgan fingerprint density at radius 2 is 2.39 bits per heavy atom. The standard InChI is InChI=1S/C13H14FN3O/c1-9(11-7-15-16-8-11)17-13(18)6-10-3-2-4-12(14)5-10/h2-5,7-9H,6H2,1H3,(H,15,16)(H,17,18). The van der Waals surface area contributed by atoms with Crippen molar-refractivity contribution in [2.24, 2.45) is 0 Å². The van der Waals surface area contributed by atoms with Gasteiger partial charge in [-0.3, -0.25) is 9.89 Å². The number of carbonyl (C=O) groups is 1. The largest absolute Gasteiger partial charge is 0.349 e. The van der Waals surface area contributed by atoms with Gasteiger partial charge in [-0.15, -0.1) is 0 Å². The molecule has 2 rings (SSSR count). The summed E-state index contributed by atoms with van der Waals surface area (Å²) in [6.07, 6.45) is 3.56. The molecule has 0 aliphatic carbocycles. The molecule has 1 unspecified atom stereocenters. The van der Waals surface area contributed by atoms with Crippen LogP contribution in [0.25, 0.3) is 0 Å². The fraction of sp³-hybridized carbons (Fsp3) is 0.231. The molecular weight excluding hydrogens is 233 g/mol. The number of amides is 1. The quantitative estimate of drug-likeness (QED) is 0.867. The van der Waals surface area contributed by atoms with Crippen LogP contribution >= 0.6 is 0 Å². The first-order valence-electron chi connectivity index (χ1n) is 5.67. The molecular formula is C13H14FN3O. The van der Waals surface area contributed by atoms with Crippen molar-refractivity contribution in [3.63, 3.8) is 0 Å². The Hall–Kier alpha value is -2.17. The van der Waals surface area contributed by atoms with E-state index in [4.69, 9.17) is 0 Å². The third-order valence-electron chi connectivity index (χ3n) is 2.65. The van der Waals surface area contributed by atoms with E-state index in [-0.39, 0.29) is 24.2 Å². The van der Waals surface area contributed by atoms with E-state index < -0.39 is 0 Å². The summed E-state index contributed by atoms with van der Waals surface area (Å²) in [7, 11) is 0. The highest BCUT2D eigenvalue weighted by Gasteiger charge is 2.10. The smallest absolute Gasteiger partial charge is 0.224 e. The van der Waals surface area contributed by atoms with Crippen LogP contribution in [0.4, 0.5) is 4.39 Å². The molecule has 0 radical (unpaired) electrons. The van der Waals surface area contributed by atoms with E-state index in [1.807, 2.05) is 6.92 Å². The number of aromatic nitrogens is 2. The second-order valence-electron chi connectivity index (χ2n) is 4.13. The van der Waals surface area contributed by atoms with Crippen LogP contribution in [0.15, 0.2) is 36.7 Å². The first-order valence-corrected chi connectivity index (χ1v) is 5.67. The van der Waals surface area contributed by atoms with Crippen LogP contribution in [0.5, 0.6) is 0 Å². The minimum atomic E-state index is -0.330. The van der Waals surface area contributed by atoms with Crippen molar-refractivity contribution in [3.8, 4) is 0 Å². The van der Waals surface area contributed by atoms with Gasteiger partial charge in [-0.1, -0.05) is 12.1 Å². The highest BCUT2D eigenvalue weighted by atomic mass is 19.1. The van der Waals surface area contributed by atoms with E-state index in [1.54, 1.807) is 24.5 Å². The Morgan fingerprint density at radius 1 is 1.56 bits per heavy atom. The number of H-pyrrole nitrogens is 1. The molecule has 2 N–H and O–H groups in total. The average Bonchev–Trinajstić information content (AvgIpc) is 2.81. The molecule has 0 bridgehead atoms. The van der Waals surface area contributed by atoms with E-state index >= 15 is 0 Å². The Kier molecular flexibility index (Phi) is 3.72. The van der Waals surface area contributed by atoms with E-state index in [2.05, 4.69) is 15.5 Å². The topological polar surface area (TPSA) is 57.8 Å². The summed E-state index contributed by atoms with van der Waals surface area (Å²) < 4.78 is 13.0. The molecule has 4 nitrogen and oxygen atoms in total. The molecule has 18 heavy (non-hydrogen) atoms. The van der Waals surface area contributed by atoms with E-state index in [0.717, 1.165) is 5.56 Å². The lowest BCUT2D eigenvalue weighted by molar-refractivity contribution is -0.121. The molecule has 1 heterocycles. The Balaban J connectivity index is 1.93. The molecule has 0 spiro atoms. The summed E-state index contributed by atoms with van der Waals surface area (Å²) >= 11 is 0. The predicted molar refractivity (Wildman–Crippen MR) is 65.2 cm³/mol. The maximum absolute atomic E-state index is 13.0. The van der Waals surface area contributed by atoms with E-state index in [9.17, 15) is 9.18 Å². The fourth-order valence-corrected chi connectivity index (χ4v) is 1.71. The van der Waals surface area contributed by atoms with Crippen LogP contribution < -0.4 is 5.32 Å². The van der Waals surface area contributed by atoms with Crippen LogP contribution in [-0.2, 0) is 11.2 Å². The first-order chi connectivity index (χ1) is 8.65. The third-order valence-corrected chi connectivity index (χ3v) is 2.65. The molecule has 0 saturated carbocycles. The Morgan fingerprint density at radius 3 is 3.06 bits per heavy atom. The SMILES string of the molecule is CC(NC(=O)Cc1cccc(F)c1)c1cn[nH]c1. The number of halogens is 1. The summed E-state index contributed by atoms with van der Waals surface area (Å²) in [5.74, 6) is -0.475. The second kappa shape index (κ2) is 5.44. The summed E-state index contributed by atoms with van der Waals surface area (Å²) in [4.78, 5) is 11.8. The van der Waals surface area contributed by atoms with Gasteiger partial charge in [0.1, 0.15) is 5.82 Å². The Labute approximate surface area is 104 Å². The van der Waals surface area contributed by atoms with Gasteiger partial charge in [0.2, 0.25) is 5.91 Å². The number of benzene rings is 1.